The van der Waals surface area contributed by atoms with Crippen LogP contribution in [0.1, 0.15) is 29.7 Å². The lowest BCUT2D eigenvalue weighted by atomic mass is 9.94. The van der Waals surface area contributed by atoms with Gasteiger partial charge < -0.3 is 20.3 Å². The Morgan fingerprint density at radius 1 is 1.11 bits per heavy atom. The van der Waals surface area contributed by atoms with Crippen molar-refractivity contribution in [3.05, 3.63) is 80.5 Å². The number of benzene rings is 2. The van der Waals surface area contributed by atoms with Gasteiger partial charge in [-0.05, 0) is 55.7 Å². The standard InChI is InChI=1S/C26H31N5O5/c1-4-36-25(32)23-21(27-26(33)28-24(23)19-8-10-20(11-9-19)31(34)35)16-29-12-14-30(15-13-29)22-7-5-6-17(2)18(22)3/h5-11,24H,4,12-16H2,1-3H3,(H2,27,28,33)/t24-/m0/s1. The molecular formula is C26H31N5O5. The van der Waals surface area contributed by atoms with Gasteiger partial charge in [0.15, 0.2) is 0 Å². The van der Waals surface area contributed by atoms with Crippen LogP contribution in [0.15, 0.2) is 53.7 Å². The van der Waals surface area contributed by atoms with Gasteiger partial charge in [-0.1, -0.05) is 12.1 Å². The fourth-order valence-corrected chi connectivity index (χ4v) is 4.68. The number of esters is 1. The minimum absolute atomic E-state index is 0.0670. The summed E-state index contributed by atoms with van der Waals surface area (Å²) in [4.78, 5) is 40.7. The predicted molar refractivity (Wildman–Crippen MR) is 136 cm³/mol. The van der Waals surface area contributed by atoms with Crippen molar-refractivity contribution in [2.24, 2.45) is 0 Å². The van der Waals surface area contributed by atoms with Crippen molar-refractivity contribution in [1.29, 1.82) is 0 Å². The Morgan fingerprint density at radius 3 is 2.44 bits per heavy atom. The number of hydrogen-bond acceptors (Lipinski definition) is 7. The number of urea groups is 1. The summed E-state index contributed by atoms with van der Waals surface area (Å²) in [6.45, 7) is 9.71. The van der Waals surface area contributed by atoms with Gasteiger partial charge in [-0.3, -0.25) is 15.0 Å². The number of non-ortho nitro benzene ring substituents is 1. The van der Waals surface area contributed by atoms with E-state index in [1.807, 2.05) is 0 Å². The van der Waals surface area contributed by atoms with Gasteiger partial charge >= 0.3 is 12.0 Å². The summed E-state index contributed by atoms with van der Waals surface area (Å²) < 4.78 is 5.33. The summed E-state index contributed by atoms with van der Waals surface area (Å²) in [5, 5.41) is 16.6. The lowest BCUT2D eigenvalue weighted by Crippen LogP contribution is -2.52. The molecule has 1 atom stereocenters. The van der Waals surface area contributed by atoms with Crippen molar-refractivity contribution < 1.29 is 19.2 Å². The summed E-state index contributed by atoms with van der Waals surface area (Å²) >= 11 is 0. The highest BCUT2D eigenvalue weighted by Crippen LogP contribution is 2.30. The molecule has 2 aliphatic rings. The summed E-state index contributed by atoms with van der Waals surface area (Å²) in [5.74, 6) is -0.530. The van der Waals surface area contributed by atoms with E-state index in [0.717, 1.165) is 26.2 Å². The fourth-order valence-electron chi connectivity index (χ4n) is 4.68. The first-order valence-electron chi connectivity index (χ1n) is 12.0. The molecule has 0 spiro atoms. The lowest BCUT2D eigenvalue weighted by molar-refractivity contribution is -0.384. The zero-order valence-corrected chi connectivity index (χ0v) is 20.7. The Hall–Kier alpha value is -3.92. The Kier molecular flexibility index (Phi) is 7.54. The summed E-state index contributed by atoms with van der Waals surface area (Å²) in [5.41, 5.74) is 5.06. The second-order valence-electron chi connectivity index (χ2n) is 8.98. The number of carbonyl (C=O) groups excluding carboxylic acids is 2. The van der Waals surface area contributed by atoms with Gasteiger partial charge in [-0.2, -0.15) is 0 Å². The fraction of sp³-hybridized carbons (Fsp3) is 0.385. The molecule has 1 fully saturated rings. The summed E-state index contributed by atoms with van der Waals surface area (Å²) in [6, 6.07) is 10.9. The van der Waals surface area contributed by atoms with Crippen LogP contribution in [0.25, 0.3) is 0 Å². The number of nitrogens with one attached hydrogen (secondary N) is 2. The van der Waals surface area contributed by atoms with Crippen LogP contribution in [0.4, 0.5) is 16.2 Å². The van der Waals surface area contributed by atoms with E-state index in [9.17, 15) is 19.7 Å². The average molecular weight is 494 g/mol. The molecule has 2 aliphatic heterocycles. The van der Waals surface area contributed by atoms with Gasteiger partial charge in [0, 0.05) is 56.2 Å². The van der Waals surface area contributed by atoms with Crippen molar-refractivity contribution in [2.75, 3.05) is 44.2 Å². The SMILES string of the molecule is CCOC(=O)C1=C(CN2CCN(c3cccc(C)c3C)CC2)NC(=O)N[C@H]1c1ccc([N+](=O)[O-])cc1. The first-order valence-corrected chi connectivity index (χ1v) is 12.0. The molecule has 36 heavy (non-hydrogen) atoms. The smallest absolute Gasteiger partial charge is 0.338 e. The summed E-state index contributed by atoms with van der Waals surface area (Å²) in [7, 11) is 0. The third kappa shape index (κ3) is 5.33. The van der Waals surface area contributed by atoms with Crippen LogP contribution in [0.5, 0.6) is 0 Å². The molecule has 190 valence electrons. The molecule has 2 aromatic carbocycles. The number of nitro groups is 1. The van der Waals surface area contributed by atoms with Crippen LogP contribution in [0.2, 0.25) is 0 Å². The highest BCUT2D eigenvalue weighted by molar-refractivity contribution is 5.95. The molecule has 0 bridgehead atoms. The number of amides is 2. The van der Waals surface area contributed by atoms with E-state index in [0.29, 0.717) is 23.4 Å². The van der Waals surface area contributed by atoms with Crippen molar-refractivity contribution >= 4 is 23.4 Å². The number of rotatable bonds is 7. The van der Waals surface area contributed by atoms with Crippen molar-refractivity contribution in [1.82, 2.24) is 15.5 Å². The van der Waals surface area contributed by atoms with Gasteiger partial charge in [-0.15, -0.1) is 0 Å². The number of hydrogen-bond donors (Lipinski definition) is 2. The van der Waals surface area contributed by atoms with Gasteiger partial charge in [0.25, 0.3) is 5.69 Å². The Bertz CT molecular complexity index is 1190. The van der Waals surface area contributed by atoms with Crippen LogP contribution in [-0.2, 0) is 9.53 Å². The normalized spacial score (nSPS) is 18.5. The zero-order chi connectivity index (χ0) is 25.8. The minimum atomic E-state index is -0.773. The average Bonchev–Trinajstić information content (AvgIpc) is 2.86. The number of carbonyl (C=O) groups is 2. The Morgan fingerprint density at radius 2 is 1.81 bits per heavy atom. The first-order chi connectivity index (χ1) is 17.3. The molecule has 2 heterocycles. The van der Waals surface area contributed by atoms with Crippen LogP contribution in [0, 0.1) is 24.0 Å². The van der Waals surface area contributed by atoms with Crippen molar-refractivity contribution in [3.8, 4) is 0 Å². The molecule has 0 unspecified atom stereocenters. The molecule has 0 aromatic heterocycles. The van der Waals surface area contributed by atoms with Crippen LogP contribution in [-0.4, -0.2) is 61.2 Å². The third-order valence-corrected chi connectivity index (χ3v) is 6.76. The molecule has 2 aromatic rings. The van der Waals surface area contributed by atoms with E-state index in [1.54, 1.807) is 19.1 Å². The van der Waals surface area contributed by atoms with Crippen LogP contribution in [0.3, 0.4) is 0 Å². The Labute approximate surface area is 210 Å². The van der Waals surface area contributed by atoms with Gasteiger partial charge in [0.05, 0.1) is 23.1 Å². The zero-order valence-electron chi connectivity index (χ0n) is 20.7. The predicted octanol–water partition coefficient (Wildman–Crippen LogP) is 3.20. The maximum atomic E-state index is 13.0. The molecule has 10 nitrogen and oxygen atoms in total. The van der Waals surface area contributed by atoms with Crippen LogP contribution >= 0.6 is 0 Å². The van der Waals surface area contributed by atoms with Gasteiger partial charge in [-0.25, -0.2) is 9.59 Å². The number of nitro benzene ring substituents is 1. The molecular weight excluding hydrogens is 462 g/mol. The van der Waals surface area contributed by atoms with E-state index in [1.165, 1.54) is 28.9 Å². The largest absolute Gasteiger partial charge is 0.463 e. The van der Waals surface area contributed by atoms with E-state index >= 15 is 0 Å². The molecule has 4 rings (SSSR count). The molecule has 2 N–H and O–H groups in total. The third-order valence-electron chi connectivity index (χ3n) is 6.76. The highest BCUT2D eigenvalue weighted by Gasteiger charge is 2.35. The molecule has 0 aliphatic carbocycles. The van der Waals surface area contributed by atoms with Gasteiger partial charge in [0.2, 0.25) is 0 Å². The molecule has 2 amide bonds. The lowest BCUT2D eigenvalue weighted by Gasteiger charge is -2.38. The molecule has 0 radical (unpaired) electrons. The van der Waals surface area contributed by atoms with E-state index < -0.39 is 23.0 Å². The van der Waals surface area contributed by atoms with Crippen LogP contribution < -0.4 is 15.5 Å². The Balaban J connectivity index is 1.57. The molecule has 10 heteroatoms. The number of nitrogens with zero attached hydrogens (tertiary/aromatic N) is 3. The summed E-state index contributed by atoms with van der Waals surface area (Å²) in [6.07, 6.45) is 0. The quantitative estimate of drug-likeness (QED) is 0.346. The topological polar surface area (TPSA) is 117 Å². The van der Waals surface area contributed by atoms with E-state index in [4.69, 9.17) is 4.74 Å². The second-order valence-corrected chi connectivity index (χ2v) is 8.98. The maximum Gasteiger partial charge on any atom is 0.338 e. The van der Waals surface area contributed by atoms with Crippen molar-refractivity contribution in [3.63, 3.8) is 0 Å². The van der Waals surface area contributed by atoms with E-state index in [2.05, 4.69) is 52.5 Å². The number of anilines is 1. The maximum absolute atomic E-state index is 13.0. The first kappa shape index (κ1) is 25.2. The second kappa shape index (κ2) is 10.8. The number of piperazine rings is 1. The highest BCUT2D eigenvalue weighted by atomic mass is 16.6. The molecule has 1 saturated heterocycles. The number of ether oxygens (including phenoxy) is 1. The minimum Gasteiger partial charge on any atom is -0.463 e. The van der Waals surface area contributed by atoms with Gasteiger partial charge in [0.1, 0.15) is 0 Å². The van der Waals surface area contributed by atoms with Crippen molar-refractivity contribution in [2.45, 2.75) is 26.8 Å². The molecule has 0 saturated carbocycles. The monoisotopic (exact) mass is 493 g/mol. The number of aryl methyl sites for hydroxylation is 1. The van der Waals surface area contributed by atoms with E-state index in [-0.39, 0.29) is 12.3 Å².